The van der Waals surface area contributed by atoms with E-state index in [0.717, 1.165) is 29.6 Å². The molecule has 1 aromatic heterocycles. The van der Waals surface area contributed by atoms with E-state index in [0.29, 0.717) is 6.54 Å². The molecule has 4 aliphatic rings. The van der Waals surface area contributed by atoms with Crippen LogP contribution in [-0.4, -0.2) is 9.55 Å². The molecular formula is C15H23N3. The van der Waals surface area contributed by atoms with Gasteiger partial charge in [0.25, 0.3) is 0 Å². The van der Waals surface area contributed by atoms with E-state index in [9.17, 15) is 0 Å². The minimum Gasteiger partial charge on any atom is -0.334 e. The number of aromatic nitrogens is 2. The summed E-state index contributed by atoms with van der Waals surface area (Å²) in [4.78, 5) is 4.72. The van der Waals surface area contributed by atoms with Crippen LogP contribution in [0.2, 0.25) is 0 Å². The predicted octanol–water partition coefficient (Wildman–Crippen LogP) is 2.42. The summed E-state index contributed by atoms with van der Waals surface area (Å²) in [6.45, 7) is 0.608. The van der Waals surface area contributed by atoms with E-state index >= 15 is 0 Å². The molecule has 0 saturated heterocycles. The highest BCUT2D eigenvalue weighted by Gasteiger charge is 2.49. The average molecular weight is 245 g/mol. The molecule has 18 heavy (non-hydrogen) atoms. The molecule has 0 aromatic carbocycles. The quantitative estimate of drug-likeness (QED) is 0.869. The van der Waals surface area contributed by atoms with Gasteiger partial charge >= 0.3 is 0 Å². The fourth-order valence-corrected chi connectivity index (χ4v) is 5.31. The monoisotopic (exact) mass is 245 g/mol. The van der Waals surface area contributed by atoms with E-state index in [1.165, 1.54) is 43.6 Å². The summed E-state index contributed by atoms with van der Waals surface area (Å²) in [5.41, 5.74) is 6.96. The van der Waals surface area contributed by atoms with E-state index in [2.05, 4.69) is 11.6 Å². The van der Waals surface area contributed by atoms with Crippen molar-refractivity contribution < 1.29 is 0 Å². The molecule has 1 heterocycles. The van der Waals surface area contributed by atoms with Gasteiger partial charge in [-0.15, -0.1) is 0 Å². The Morgan fingerprint density at radius 3 is 2.28 bits per heavy atom. The maximum absolute atomic E-state index is 5.78. The Bertz CT molecular complexity index is 434. The lowest BCUT2D eigenvalue weighted by Crippen LogP contribution is -2.44. The van der Waals surface area contributed by atoms with Gasteiger partial charge in [-0.3, -0.25) is 0 Å². The number of hydrogen-bond donors (Lipinski definition) is 1. The second-order valence-corrected chi connectivity index (χ2v) is 6.83. The van der Waals surface area contributed by atoms with Gasteiger partial charge in [-0.05, 0) is 55.8 Å². The summed E-state index contributed by atoms with van der Waals surface area (Å²) in [5, 5.41) is 0. The van der Waals surface area contributed by atoms with Crippen LogP contribution in [0.25, 0.3) is 0 Å². The zero-order valence-corrected chi connectivity index (χ0v) is 11.2. The Balaban J connectivity index is 1.70. The fourth-order valence-electron chi connectivity index (χ4n) is 5.31. The largest absolute Gasteiger partial charge is 0.334 e. The first-order chi connectivity index (χ1) is 8.76. The molecule has 3 nitrogen and oxygen atoms in total. The van der Waals surface area contributed by atoms with Crippen molar-refractivity contribution in [3.8, 4) is 0 Å². The zero-order valence-electron chi connectivity index (χ0n) is 11.2. The SMILES string of the molecule is Cn1c(CN)cnc1C1C2CC3CC(C2)CC1C3. The summed E-state index contributed by atoms with van der Waals surface area (Å²) < 4.78 is 2.27. The first-order valence-electron chi connectivity index (χ1n) is 7.46. The van der Waals surface area contributed by atoms with Gasteiger partial charge in [0.2, 0.25) is 0 Å². The Morgan fingerprint density at radius 2 is 1.78 bits per heavy atom. The molecule has 1 aromatic rings. The highest BCUT2D eigenvalue weighted by atomic mass is 15.1. The first kappa shape index (κ1) is 11.0. The van der Waals surface area contributed by atoms with Crippen LogP contribution in [-0.2, 0) is 13.6 Å². The summed E-state index contributed by atoms with van der Waals surface area (Å²) >= 11 is 0. The minimum atomic E-state index is 0.608. The lowest BCUT2D eigenvalue weighted by molar-refractivity contribution is -0.00653. The molecule has 0 atom stereocenters. The van der Waals surface area contributed by atoms with Gasteiger partial charge in [0, 0.05) is 25.7 Å². The van der Waals surface area contributed by atoms with Crippen molar-refractivity contribution in [3.05, 3.63) is 17.7 Å². The Kier molecular flexibility index (Phi) is 2.35. The minimum absolute atomic E-state index is 0.608. The maximum Gasteiger partial charge on any atom is 0.112 e. The Morgan fingerprint density at radius 1 is 1.17 bits per heavy atom. The molecule has 0 unspecified atom stereocenters. The highest BCUT2D eigenvalue weighted by molar-refractivity contribution is 5.15. The van der Waals surface area contributed by atoms with Gasteiger partial charge in [-0.25, -0.2) is 4.98 Å². The number of nitrogens with two attached hydrogens (primary N) is 1. The predicted molar refractivity (Wildman–Crippen MR) is 70.9 cm³/mol. The average Bonchev–Trinajstić information content (AvgIpc) is 2.70. The molecule has 4 aliphatic carbocycles. The molecule has 3 heteroatoms. The Hall–Kier alpha value is -0.830. The Labute approximate surface area is 109 Å². The van der Waals surface area contributed by atoms with Crippen molar-refractivity contribution >= 4 is 0 Å². The van der Waals surface area contributed by atoms with E-state index in [4.69, 9.17) is 10.7 Å². The van der Waals surface area contributed by atoms with Gasteiger partial charge < -0.3 is 10.3 Å². The molecule has 4 bridgehead atoms. The number of hydrogen-bond acceptors (Lipinski definition) is 2. The molecule has 0 spiro atoms. The van der Waals surface area contributed by atoms with E-state index < -0.39 is 0 Å². The van der Waals surface area contributed by atoms with Crippen LogP contribution >= 0.6 is 0 Å². The van der Waals surface area contributed by atoms with E-state index in [1.807, 2.05) is 6.20 Å². The summed E-state index contributed by atoms with van der Waals surface area (Å²) in [6, 6.07) is 0. The van der Waals surface area contributed by atoms with Crippen LogP contribution in [0.15, 0.2) is 6.20 Å². The summed E-state index contributed by atoms with van der Waals surface area (Å²) in [5.74, 6) is 5.95. The van der Waals surface area contributed by atoms with Gasteiger partial charge in [0.1, 0.15) is 5.82 Å². The molecule has 4 saturated carbocycles. The first-order valence-corrected chi connectivity index (χ1v) is 7.46. The summed E-state index contributed by atoms with van der Waals surface area (Å²) in [7, 11) is 2.15. The molecular weight excluding hydrogens is 222 g/mol. The molecule has 2 N–H and O–H groups in total. The number of nitrogens with zero attached hydrogens (tertiary/aromatic N) is 2. The normalized spacial score (nSPS) is 41.6. The third-order valence-electron chi connectivity index (χ3n) is 5.85. The maximum atomic E-state index is 5.78. The third kappa shape index (κ3) is 1.43. The van der Waals surface area contributed by atoms with Crippen LogP contribution in [0.4, 0.5) is 0 Å². The topological polar surface area (TPSA) is 43.8 Å². The molecule has 5 rings (SSSR count). The molecule has 0 radical (unpaired) electrons. The lowest BCUT2D eigenvalue weighted by Gasteiger charge is -2.54. The van der Waals surface area contributed by atoms with E-state index in [-0.39, 0.29) is 0 Å². The number of rotatable bonds is 2. The second kappa shape index (κ2) is 3.83. The second-order valence-electron chi connectivity index (χ2n) is 6.83. The van der Waals surface area contributed by atoms with Gasteiger partial charge in [0.15, 0.2) is 0 Å². The van der Waals surface area contributed by atoms with Crippen molar-refractivity contribution in [2.75, 3.05) is 0 Å². The van der Waals surface area contributed by atoms with Crippen molar-refractivity contribution in [1.29, 1.82) is 0 Å². The van der Waals surface area contributed by atoms with Crippen LogP contribution in [0.1, 0.15) is 49.5 Å². The van der Waals surface area contributed by atoms with Crippen LogP contribution < -0.4 is 5.73 Å². The smallest absolute Gasteiger partial charge is 0.112 e. The lowest BCUT2D eigenvalue weighted by atomic mass is 9.51. The third-order valence-corrected chi connectivity index (χ3v) is 5.85. The standard InChI is InChI=1S/C15H23N3/c1-18-13(7-16)8-17-15(18)14-11-3-9-2-10(5-11)6-12(14)4-9/h8-12,14H,2-7,16H2,1H3. The zero-order chi connectivity index (χ0) is 12.3. The molecule has 0 aliphatic heterocycles. The fraction of sp³-hybridized carbons (Fsp3) is 0.800. The van der Waals surface area contributed by atoms with Gasteiger partial charge in [-0.1, -0.05) is 0 Å². The van der Waals surface area contributed by atoms with Crippen LogP contribution in [0.5, 0.6) is 0 Å². The van der Waals surface area contributed by atoms with Crippen molar-refractivity contribution in [2.45, 2.75) is 44.6 Å². The van der Waals surface area contributed by atoms with Crippen molar-refractivity contribution in [1.82, 2.24) is 9.55 Å². The van der Waals surface area contributed by atoms with Crippen LogP contribution in [0, 0.1) is 23.7 Å². The van der Waals surface area contributed by atoms with Gasteiger partial charge in [-0.2, -0.15) is 0 Å². The van der Waals surface area contributed by atoms with Crippen LogP contribution in [0.3, 0.4) is 0 Å². The van der Waals surface area contributed by atoms with E-state index in [1.54, 1.807) is 0 Å². The number of imidazole rings is 1. The molecule has 4 fully saturated rings. The molecule has 0 amide bonds. The highest BCUT2D eigenvalue weighted by Crippen LogP contribution is 2.59. The van der Waals surface area contributed by atoms with Crippen molar-refractivity contribution in [2.24, 2.45) is 36.5 Å². The van der Waals surface area contributed by atoms with Crippen molar-refractivity contribution in [3.63, 3.8) is 0 Å². The summed E-state index contributed by atoms with van der Waals surface area (Å²) in [6.07, 6.45) is 9.35. The molecule has 98 valence electrons. The van der Waals surface area contributed by atoms with Gasteiger partial charge in [0.05, 0.1) is 5.69 Å².